The number of hydrogen-bond acceptors (Lipinski definition) is 2. The molecular weight excluding hydrogens is 371 g/mol. The van der Waals surface area contributed by atoms with E-state index in [1.54, 1.807) is 0 Å². The second kappa shape index (κ2) is 8.89. The number of anilines is 1. The van der Waals surface area contributed by atoms with Crippen LogP contribution in [0.2, 0.25) is 0 Å². The number of carbonyl (C=O) groups excluding carboxylic acids is 1. The van der Waals surface area contributed by atoms with Crippen molar-refractivity contribution in [2.24, 2.45) is 0 Å². The van der Waals surface area contributed by atoms with E-state index in [0.29, 0.717) is 0 Å². The molecule has 0 spiro atoms. The van der Waals surface area contributed by atoms with Crippen molar-refractivity contribution < 1.29 is 31.5 Å². The van der Waals surface area contributed by atoms with Crippen molar-refractivity contribution >= 4 is 11.7 Å². The first-order chi connectivity index (χ1) is 12.8. The van der Waals surface area contributed by atoms with Crippen molar-refractivity contribution in [3.63, 3.8) is 0 Å². The predicted octanol–water partition coefficient (Wildman–Crippen LogP) is 4.19. The summed E-state index contributed by atoms with van der Waals surface area (Å²) in [6, 6.07) is 6.59. The topological polar surface area (TPSA) is 50.4 Å². The molecule has 9 heteroatoms. The van der Waals surface area contributed by atoms with Gasteiger partial charge in [0.1, 0.15) is 29.7 Å². The van der Waals surface area contributed by atoms with Gasteiger partial charge in [0.25, 0.3) is 0 Å². The lowest BCUT2D eigenvalue weighted by Gasteiger charge is -2.08. The van der Waals surface area contributed by atoms with Crippen LogP contribution in [0.15, 0.2) is 42.5 Å². The molecule has 2 amide bonds. The molecule has 0 bridgehead atoms. The van der Waals surface area contributed by atoms with E-state index in [0.717, 1.165) is 30.3 Å². The van der Waals surface area contributed by atoms with Gasteiger partial charge in [0.05, 0.1) is 12.1 Å². The van der Waals surface area contributed by atoms with Gasteiger partial charge in [-0.05, 0) is 30.3 Å². The largest absolute Gasteiger partial charge is 0.481 e. The molecule has 0 aromatic heterocycles. The van der Waals surface area contributed by atoms with Crippen molar-refractivity contribution in [2.75, 3.05) is 18.5 Å². The monoisotopic (exact) mass is 384 g/mol. The van der Waals surface area contributed by atoms with Gasteiger partial charge < -0.3 is 15.4 Å². The fourth-order valence-electron chi connectivity index (χ4n) is 1.89. The molecule has 0 aliphatic carbocycles. The molecule has 27 heavy (non-hydrogen) atoms. The van der Waals surface area contributed by atoms with Gasteiger partial charge in [-0.25, -0.2) is 13.6 Å². The third kappa shape index (κ3) is 6.18. The Bertz CT molecular complexity index is 852. The normalized spacial score (nSPS) is 10.6. The lowest BCUT2D eigenvalue weighted by molar-refractivity contribution is -0.137. The highest BCUT2D eigenvalue weighted by Gasteiger charge is 2.30. The van der Waals surface area contributed by atoms with Gasteiger partial charge in [-0.15, -0.1) is 0 Å². The molecular formula is C18H13F5N2O2. The molecule has 0 aliphatic heterocycles. The molecule has 0 atom stereocenters. The quantitative estimate of drug-likeness (QED) is 0.614. The summed E-state index contributed by atoms with van der Waals surface area (Å²) in [5, 5.41) is 4.26. The number of carbonyl (C=O) groups is 1. The minimum atomic E-state index is -4.47. The Morgan fingerprint density at radius 2 is 1.70 bits per heavy atom. The zero-order valence-electron chi connectivity index (χ0n) is 13.7. The Balaban J connectivity index is 1.77. The number of urea groups is 1. The van der Waals surface area contributed by atoms with Crippen molar-refractivity contribution in [3.8, 4) is 17.6 Å². The van der Waals surface area contributed by atoms with Crippen LogP contribution < -0.4 is 15.4 Å². The van der Waals surface area contributed by atoms with Gasteiger partial charge in [-0.2, -0.15) is 13.2 Å². The van der Waals surface area contributed by atoms with E-state index < -0.39 is 35.1 Å². The number of halogens is 5. The van der Waals surface area contributed by atoms with Gasteiger partial charge >= 0.3 is 12.2 Å². The maximum absolute atomic E-state index is 13.4. The van der Waals surface area contributed by atoms with Crippen LogP contribution in [-0.2, 0) is 6.18 Å². The number of alkyl halides is 3. The summed E-state index contributed by atoms with van der Waals surface area (Å²) in [4.78, 5) is 11.5. The van der Waals surface area contributed by atoms with Crippen LogP contribution in [-0.4, -0.2) is 19.2 Å². The van der Waals surface area contributed by atoms with Crippen LogP contribution in [0.25, 0.3) is 0 Å². The first-order valence-corrected chi connectivity index (χ1v) is 7.52. The minimum absolute atomic E-state index is 0.000134. The van der Waals surface area contributed by atoms with Gasteiger partial charge in [0.15, 0.2) is 0 Å². The second-order valence-electron chi connectivity index (χ2n) is 5.07. The van der Waals surface area contributed by atoms with Gasteiger partial charge in [0, 0.05) is 0 Å². The summed E-state index contributed by atoms with van der Waals surface area (Å²) in [5.74, 6) is 3.13. The van der Waals surface area contributed by atoms with Gasteiger partial charge in [-0.3, -0.25) is 0 Å². The molecule has 2 aromatic carbocycles. The van der Waals surface area contributed by atoms with Crippen LogP contribution in [0.3, 0.4) is 0 Å². The third-order valence-corrected chi connectivity index (χ3v) is 3.14. The fraction of sp³-hybridized carbons (Fsp3) is 0.167. The average Bonchev–Trinajstić information content (AvgIpc) is 2.61. The van der Waals surface area contributed by atoms with E-state index in [9.17, 15) is 26.7 Å². The molecule has 0 saturated heterocycles. The summed E-state index contributed by atoms with van der Waals surface area (Å²) in [6.45, 7) is -0.361. The SMILES string of the molecule is O=C(NCC#CCOc1cccc(C(F)(F)F)c1)Nc1c(F)cccc1F. The number of benzene rings is 2. The second-order valence-corrected chi connectivity index (χ2v) is 5.07. The summed E-state index contributed by atoms with van der Waals surface area (Å²) in [7, 11) is 0. The molecule has 0 unspecified atom stereocenters. The maximum atomic E-state index is 13.4. The molecule has 2 N–H and O–H groups in total. The standard InChI is InChI=1S/C18H13F5N2O2/c19-14-7-4-8-15(20)16(14)25-17(26)24-9-1-2-10-27-13-6-3-5-12(11-13)18(21,22)23/h3-8,11H,9-10H2,(H2,24,25,26). The maximum Gasteiger partial charge on any atom is 0.416 e. The van der Waals surface area contributed by atoms with E-state index in [2.05, 4.69) is 17.2 Å². The van der Waals surface area contributed by atoms with Crippen LogP contribution in [0, 0.1) is 23.5 Å². The van der Waals surface area contributed by atoms with Crippen molar-refractivity contribution in [1.29, 1.82) is 0 Å². The average molecular weight is 384 g/mol. The van der Waals surface area contributed by atoms with Crippen molar-refractivity contribution in [3.05, 3.63) is 59.7 Å². The Morgan fingerprint density at radius 1 is 1.04 bits per heavy atom. The lowest BCUT2D eigenvalue weighted by Crippen LogP contribution is -2.29. The van der Waals surface area contributed by atoms with Gasteiger partial charge in [0.2, 0.25) is 0 Å². The molecule has 2 rings (SSSR count). The highest BCUT2D eigenvalue weighted by atomic mass is 19.4. The highest BCUT2D eigenvalue weighted by molar-refractivity contribution is 5.89. The van der Waals surface area contributed by atoms with Gasteiger partial charge in [-0.1, -0.05) is 24.0 Å². The zero-order chi connectivity index (χ0) is 19.9. The lowest BCUT2D eigenvalue weighted by atomic mass is 10.2. The smallest absolute Gasteiger partial charge is 0.416 e. The Kier molecular flexibility index (Phi) is 6.60. The molecule has 0 fully saturated rings. The molecule has 2 aromatic rings. The zero-order valence-corrected chi connectivity index (χ0v) is 13.7. The highest BCUT2D eigenvalue weighted by Crippen LogP contribution is 2.31. The number of amides is 2. The molecule has 4 nitrogen and oxygen atoms in total. The Morgan fingerprint density at radius 3 is 2.37 bits per heavy atom. The van der Waals surface area contributed by atoms with Crippen LogP contribution in [0.5, 0.6) is 5.75 Å². The molecule has 142 valence electrons. The van der Waals surface area contributed by atoms with Crippen LogP contribution in [0.1, 0.15) is 5.56 Å². The Labute approximate surface area is 151 Å². The first kappa shape index (κ1) is 20.0. The van der Waals surface area contributed by atoms with Crippen LogP contribution in [0.4, 0.5) is 32.4 Å². The Hall–Kier alpha value is -3.28. The van der Waals surface area contributed by atoms with E-state index >= 15 is 0 Å². The summed E-state index contributed by atoms with van der Waals surface area (Å²) in [6.07, 6.45) is -4.47. The molecule has 0 saturated carbocycles. The van der Waals surface area contributed by atoms with E-state index in [-0.39, 0.29) is 18.9 Å². The fourth-order valence-corrected chi connectivity index (χ4v) is 1.89. The molecule has 0 radical (unpaired) electrons. The van der Waals surface area contributed by atoms with E-state index in [4.69, 9.17) is 4.74 Å². The summed E-state index contributed by atoms with van der Waals surface area (Å²) >= 11 is 0. The number of ether oxygens (including phenoxy) is 1. The van der Waals surface area contributed by atoms with Crippen molar-refractivity contribution in [2.45, 2.75) is 6.18 Å². The number of para-hydroxylation sites is 1. The summed E-state index contributed by atoms with van der Waals surface area (Å²) < 4.78 is 69.5. The number of hydrogen-bond donors (Lipinski definition) is 2. The summed E-state index contributed by atoms with van der Waals surface area (Å²) in [5.41, 5.74) is -1.43. The minimum Gasteiger partial charge on any atom is -0.481 e. The number of rotatable bonds is 4. The van der Waals surface area contributed by atoms with E-state index in [1.165, 1.54) is 12.1 Å². The number of nitrogens with one attached hydrogen (secondary N) is 2. The third-order valence-electron chi connectivity index (χ3n) is 3.14. The predicted molar refractivity (Wildman–Crippen MR) is 88.1 cm³/mol. The van der Waals surface area contributed by atoms with E-state index in [1.807, 2.05) is 5.32 Å². The van der Waals surface area contributed by atoms with Crippen molar-refractivity contribution in [1.82, 2.24) is 5.32 Å². The van der Waals surface area contributed by atoms with Crippen LogP contribution >= 0.6 is 0 Å². The first-order valence-electron chi connectivity index (χ1n) is 7.52. The molecule has 0 aliphatic rings. The molecule has 0 heterocycles.